The molecular weight excluding hydrogens is 410 g/mol. The SMILES string of the molecule is COc1cn(-c2ccccc2)nc1C(=O)OCCN1C(=O)c2ccccc2S1(=O)=O. The average Bonchev–Trinajstić information content (AvgIpc) is 3.28. The second-order valence-electron chi connectivity index (χ2n) is 6.34. The molecule has 0 saturated heterocycles. The lowest BCUT2D eigenvalue weighted by molar-refractivity contribution is 0.0467. The van der Waals surface area contributed by atoms with E-state index >= 15 is 0 Å². The molecule has 4 rings (SSSR count). The molecule has 1 aliphatic heterocycles. The summed E-state index contributed by atoms with van der Waals surface area (Å²) in [6.45, 7) is -0.623. The van der Waals surface area contributed by atoms with E-state index in [-0.39, 0.29) is 35.1 Å². The second-order valence-corrected chi connectivity index (χ2v) is 8.17. The minimum absolute atomic E-state index is 0.0513. The molecule has 0 unspecified atom stereocenters. The maximum Gasteiger partial charge on any atom is 0.362 e. The first-order chi connectivity index (χ1) is 14.4. The second kappa shape index (κ2) is 7.64. The van der Waals surface area contributed by atoms with E-state index in [2.05, 4.69) is 5.10 Å². The summed E-state index contributed by atoms with van der Waals surface area (Å²) in [5.41, 5.74) is 0.772. The Hall–Kier alpha value is -3.66. The molecule has 0 bridgehead atoms. The number of carbonyl (C=O) groups is 2. The van der Waals surface area contributed by atoms with E-state index in [9.17, 15) is 18.0 Å². The van der Waals surface area contributed by atoms with Crippen molar-refractivity contribution in [3.63, 3.8) is 0 Å². The first-order valence-corrected chi connectivity index (χ1v) is 10.4. The molecule has 0 atom stereocenters. The van der Waals surface area contributed by atoms with Gasteiger partial charge in [0.1, 0.15) is 11.5 Å². The zero-order valence-corrected chi connectivity index (χ0v) is 16.7. The molecule has 0 radical (unpaired) electrons. The number of sulfonamides is 1. The van der Waals surface area contributed by atoms with Crippen LogP contribution in [-0.4, -0.2) is 54.6 Å². The van der Waals surface area contributed by atoms with Crippen LogP contribution in [0.1, 0.15) is 20.8 Å². The van der Waals surface area contributed by atoms with Crippen molar-refractivity contribution in [3.05, 3.63) is 72.1 Å². The molecule has 10 heteroatoms. The molecular formula is C20H17N3O6S. The van der Waals surface area contributed by atoms with Crippen LogP contribution in [0.5, 0.6) is 5.75 Å². The molecule has 1 aromatic heterocycles. The van der Waals surface area contributed by atoms with E-state index < -0.39 is 21.9 Å². The highest BCUT2D eigenvalue weighted by Gasteiger charge is 2.40. The number of nitrogens with zero attached hydrogens (tertiary/aromatic N) is 3. The largest absolute Gasteiger partial charge is 0.493 e. The Morgan fingerprint density at radius 3 is 2.47 bits per heavy atom. The number of esters is 1. The minimum atomic E-state index is -3.95. The zero-order valence-electron chi connectivity index (χ0n) is 15.9. The fourth-order valence-electron chi connectivity index (χ4n) is 3.10. The van der Waals surface area contributed by atoms with Crippen LogP contribution in [0.2, 0.25) is 0 Å². The Morgan fingerprint density at radius 2 is 1.77 bits per heavy atom. The fraction of sp³-hybridized carbons (Fsp3) is 0.150. The summed E-state index contributed by atoms with van der Waals surface area (Å²) in [5.74, 6) is -1.23. The van der Waals surface area contributed by atoms with Crippen LogP contribution >= 0.6 is 0 Å². The topological polar surface area (TPSA) is 108 Å². The summed E-state index contributed by atoms with van der Waals surface area (Å²) in [4.78, 5) is 24.8. The standard InChI is InChI=1S/C20H17N3O6S/c1-28-16-13-22(14-7-3-2-4-8-14)21-18(16)20(25)29-12-11-23-19(24)15-9-5-6-10-17(15)30(23,26)27/h2-10,13H,11-12H2,1H3. The van der Waals surface area contributed by atoms with Crippen LogP contribution in [0.3, 0.4) is 0 Å². The number of fused-ring (bicyclic) bond motifs is 1. The molecule has 154 valence electrons. The predicted octanol–water partition coefficient (Wildman–Crippen LogP) is 1.88. The number of methoxy groups -OCH3 is 1. The van der Waals surface area contributed by atoms with Crippen LogP contribution in [0.25, 0.3) is 5.69 Å². The summed E-state index contributed by atoms with van der Waals surface area (Å²) in [6.07, 6.45) is 1.54. The third-order valence-electron chi connectivity index (χ3n) is 4.55. The number of hydrogen-bond donors (Lipinski definition) is 0. The van der Waals surface area contributed by atoms with E-state index in [1.165, 1.54) is 30.1 Å². The van der Waals surface area contributed by atoms with Gasteiger partial charge in [-0.15, -0.1) is 0 Å². The highest BCUT2D eigenvalue weighted by Crippen LogP contribution is 2.29. The molecule has 1 aliphatic rings. The predicted molar refractivity (Wildman–Crippen MR) is 105 cm³/mol. The molecule has 3 aromatic rings. The van der Waals surface area contributed by atoms with E-state index in [1.54, 1.807) is 12.1 Å². The van der Waals surface area contributed by atoms with E-state index in [0.717, 1.165) is 5.69 Å². The van der Waals surface area contributed by atoms with Gasteiger partial charge in [0.05, 0.1) is 31.1 Å². The van der Waals surface area contributed by atoms with Gasteiger partial charge in [-0.3, -0.25) is 4.79 Å². The van der Waals surface area contributed by atoms with Crippen molar-refractivity contribution in [2.45, 2.75) is 4.90 Å². The molecule has 0 spiro atoms. The van der Waals surface area contributed by atoms with Crippen LogP contribution in [0.4, 0.5) is 0 Å². The van der Waals surface area contributed by atoms with Gasteiger partial charge < -0.3 is 9.47 Å². The Kier molecular flexibility index (Phi) is 5.00. The van der Waals surface area contributed by atoms with Crippen LogP contribution in [-0.2, 0) is 14.8 Å². The number of benzene rings is 2. The molecule has 0 fully saturated rings. The van der Waals surface area contributed by atoms with Gasteiger partial charge in [0.15, 0.2) is 5.75 Å². The van der Waals surface area contributed by atoms with Gasteiger partial charge in [-0.2, -0.15) is 5.10 Å². The van der Waals surface area contributed by atoms with E-state index in [1.807, 2.05) is 30.3 Å². The summed E-state index contributed by atoms with van der Waals surface area (Å²) in [6, 6.07) is 15.1. The van der Waals surface area contributed by atoms with Crippen molar-refractivity contribution < 1.29 is 27.5 Å². The van der Waals surface area contributed by atoms with E-state index in [0.29, 0.717) is 4.31 Å². The van der Waals surface area contributed by atoms with Gasteiger partial charge in [0.25, 0.3) is 15.9 Å². The van der Waals surface area contributed by atoms with Gasteiger partial charge in [-0.25, -0.2) is 22.2 Å². The quantitative estimate of drug-likeness (QED) is 0.553. The number of para-hydroxylation sites is 1. The van der Waals surface area contributed by atoms with E-state index in [4.69, 9.17) is 9.47 Å². The van der Waals surface area contributed by atoms with Crippen LogP contribution in [0.15, 0.2) is 65.7 Å². The van der Waals surface area contributed by atoms with Crippen LogP contribution in [0, 0.1) is 0 Å². The first-order valence-electron chi connectivity index (χ1n) is 8.96. The lowest BCUT2D eigenvalue weighted by atomic mass is 10.2. The summed E-state index contributed by atoms with van der Waals surface area (Å²) < 4.78 is 37.6. The smallest absolute Gasteiger partial charge is 0.362 e. The normalized spacial score (nSPS) is 14.4. The number of rotatable bonds is 6. The molecule has 1 amide bonds. The number of carbonyl (C=O) groups excluding carboxylic acids is 2. The van der Waals surface area contributed by atoms with Gasteiger partial charge in [0.2, 0.25) is 5.69 Å². The van der Waals surface area contributed by atoms with Crippen molar-refractivity contribution in [1.82, 2.24) is 14.1 Å². The Bertz CT molecular complexity index is 1220. The fourth-order valence-corrected chi connectivity index (χ4v) is 4.66. The van der Waals surface area contributed by atoms with Crippen molar-refractivity contribution >= 4 is 21.9 Å². The average molecular weight is 427 g/mol. The zero-order chi connectivity index (χ0) is 21.3. The van der Waals surface area contributed by atoms with Crippen molar-refractivity contribution in [2.24, 2.45) is 0 Å². The highest BCUT2D eigenvalue weighted by molar-refractivity contribution is 7.90. The lowest BCUT2D eigenvalue weighted by Gasteiger charge is -2.14. The monoisotopic (exact) mass is 427 g/mol. The van der Waals surface area contributed by atoms with Gasteiger partial charge >= 0.3 is 5.97 Å². The van der Waals surface area contributed by atoms with Gasteiger partial charge in [0, 0.05) is 0 Å². The third-order valence-corrected chi connectivity index (χ3v) is 6.39. The first kappa shape index (κ1) is 19.6. The summed E-state index contributed by atoms with van der Waals surface area (Å²) in [5, 5.41) is 4.20. The number of ether oxygens (including phenoxy) is 2. The summed E-state index contributed by atoms with van der Waals surface area (Å²) in [7, 11) is -2.56. The molecule has 0 saturated carbocycles. The Morgan fingerprint density at radius 1 is 1.07 bits per heavy atom. The molecule has 30 heavy (non-hydrogen) atoms. The highest BCUT2D eigenvalue weighted by atomic mass is 32.2. The van der Waals surface area contributed by atoms with Gasteiger partial charge in [-0.05, 0) is 24.3 Å². The Labute approximate surface area is 172 Å². The Balaban J connectivity index is 1.46. The minimum Gasteiger partial charge on any atom is -0.493 e. The molecule has 2 heterocycles. The number of hydrogen-bond acceptors (Lipinski definition) is 7. The maximum atomic E-state index is 12.5. The number of amides is 1. The molecule has 0 aliphatic carbocycles. The van der Waals surface area contributed by atoms with Gasteiger partial charge in [-0.1, -0.05) is 30.3 Å². The lowest BCUT2D eigenvalue weighted by Crippen LogP contribution is -2.33. The molecule has 9 nitrogen and oxygen atoms in total. The number of aromatic nitrogens is 2. The third kappa shape index (κ3) is 3.30. The summed E-state index contributed by atoms with van der Waals surface area (Å²) >= 11 is 0. The van der Waals surface area contributed by atoms with Crippen molar-refractivity contribution in [1.29, 1.82) is 0 Å². The maximum absolute atomic E-state index is 12.5. The molecule has 0 N–H and O–H groups in total. The van der Waals surface area contributed by atoms with Crippen LogP contribution < -0.4 is 4.74 Å². The van der Waals surface area contributed by atoms with Crippen molar-refractivity contribution in [2.75, 3.05) is 20.3 Å². The molecule has 2 aromatic carbocycles. The van der Waals surface area contributed by atoms with Crippen molar-refractivity contribution in [3.8, 4) is 11.4 Å².